The van der Waals surface area contributed by atoms with E-state index in [9.17, 15) is 18.0 Å². The summed E-state index contributed by atoms with van der Waals surface area (Å²) in [6, 6.07) is 3.07. The predicted octanol–water partition coefficient (Wildman–Crippen LogP) is 0.259. The van der Waals surface area contributed by atoms with E-state index in [1.807, 2.05) is 0 Å². The highest BCUT2D eigenvalue weighted by Crippen LogP contribution is 2.30. The Kier molecular flexibility index (Phi) is 4.97. The molecule has 0 unspecified atom stereocenters. The van der Waals surface area contributed by atoms with E-state index < -0.39 is 21.7 Å². The van der Waals surface area contributed by atoms with E-state index in [2.05, 4.69) is 10.3 Å². The molecule has 1 aliphatic rings. The van der Waals surface area contributed by atoms with Crippen molar-refractivity contribution in [3.63, 3.8) is 0 Å². The molecule has 0 saturated carbocycles. The Morgan fingerprint density at radius 2 is 2.12 bits per heavy atom. The molecule has 0 radical (unpaired) electrons. The first kappa shape index (κ1) is 18.7. The molecule has 0 fully saturated rings. The summed E-state index contributed by atoms with van der Waals surface area (Å²) in [6.45, 7) is 0.556. The lowest BCUT2D eigenvalue weighted by Crippen LogP contribution is -2.42. The maximum absolute atomic E-state index is 12.3. The van der Waals surface area contributed by atoms with E-state index in [1.54, 1.807) is 19.3 Å². The second kappa shape index (κ2) is 6.91. The van der Waals surface area contributed by atoms with Crippen LogP contribution in [0.25, 0.3) is 0 Å². The van der Waals surface area contributed by atoms with Crippen LogP contribution in [0.2, 0.25) is 0 Å². The number of aryl methyl sites for hydroxylation is 1. The third kappa shape index (κ3) is 3.43. The summed E-state index contributed by atoms with van der Waals surface area (Å²) >= 11 is 1.22. The highest BCUT2D eigenvalue weighted by molar-refractivity contribution is 7.86. The van der Waals surface area contributed by atoms with Gasteiger partial charge in [-0.05, 0) is 12.1 Å². The number of amides is 1. The van der Waals surface area contributed by atoms with Crippen LogP contribution in [-0.4, -0.2) is 53.1 Å². The zero-order valence-corrected chi connectivity index (χ0v) is 16.2. The molecule has 2 aromatic rings. The van der Waals surface area contributed by atoms with E-state index >= 15 is 0 Å². The van der Waals surface area contributed by atoms with Gasteiger partial charge in [-0.2, -0.15) is 17.0 Å². The number of rotatable bonds is 4. The van der Waals surface area contributed by atoms with Crippen molar-refractivity contribution in [2.24, 2.45) is 7.05 Å². The van der Waals surface area contributed by atoms with Gasteiger partial charge in [0.25, 0.3) is 21.7 Å². The first-order chi connectivity index (χ1) is 12.2. The predicted molar refractivity (Wildman–Crippen MR) is 98.5 cm³/mol. The highest BCUT2D eigenvalue weighted by Gasteiger charge is 2.30. The first-order valence-electron chi connectivity index (χ1n) is 7.83. The summed E-state index contributed by atoms with van der Waals surface area (Å²) in [7, 11) is 1.05. The average Bonchev–Trinajstić information content (AvgIpc) is 2.98. The van der Waals surface area contributed by atoms with Crippen molar-refractivity contribution in [1.29, 1.82) is 0 Å². The van der Waals surface area contributed by atoms with Crippen LogP contribution in [0.4, 0.5) is 5.13 Å². The number of hydrogen-bond acceptors (Lipinski definition) is 6. The van der Waals surface area contributed by atoms with Gasteiger partial charge >= 0.3 is 0 Å². The van der Waals surface area contributed by atoms with Crippen LogP contribution in [0.5, 0.6) is 0 Å². The van der Waals surface area contributed by atoms with Crippen molar-refractivity contribution in [2.75, 3.05) is 26.0 Å². The molecular formula is C15H19N5O4S2. The molecule has 0 aromatic carbocycles. The molecule has 1 N–H and O–H groups in total. The fourth-order valence-electron chi connectivity index (χ4n) is 2.59. The highest BCUT2D eigenvalue weighted by atomic mass is 32.2. The number of hydrogen-bond donors (Lipinski definition) is 1. The molecular weight excluding hydrogens is 378 g/mol. The van der Waals surface area contributed by atoms with E-state index in [4.69, 9.17) is 0 Å². The molecule has 140 valence electrons. The summed E-state index contributed by atoms with van der Waals surface area (Å²) in [4.78, 5) is 29.5. The minimum atomic E-state index is -3.50. The smallest absolute Gasteiger partial charge is 0.281 e. The van der Waals surface area contributed by atoms with Crippen molar-refractivity contribution < 1.29 is 13.2 Å². The molecule has 0 bridgehead atoms. The average molecular weight is 397 g/mol. The fourth-order valence-corrected chi connectivity index (χ4v) is 4.76. The second-order valence-corrected chi connectivity index (χ2v) is 9.28. The Labute approximate surface area is 155 Å². The van der Waals surface area contributed by atoms with Gasteiger partial charge in [0.1, 0.15) is 5.56 Å². The molecule has 3 rings (SSSR count). The number of fused-ring (bicyclic) bond motifs is 1. The molecule has 0 spiro atoms. The number of pyridine rings is 1. The largest absolute Gasteiger partial charge is 0.318 e. The number of carbonyl (C=O) groups is 1. The fraction of sp³-hybridized carbons (Fsp3) is 0.400. The quantitative estimate of drug-likeness (QED) is 0.797. The summed E-state index contributed by atoms with van der Waals surface area (Å²) in [5.41, 5.74) is 0.408. The lowest BCUT2D eigenvalue weighted by atomic mass is 10.2. The number of thiazole rings is 1. The van der Waals surface area contributed by atoms with Crippen LogP contribution < -0.4 is 10.9 Å². The standard InChI is InChI=1S/C15H19N5O4S2/c1-18(2)26(23,24)20-8-6-11-12(9-20)25-15(16-11)17-13(21)10-5-4-7-19(3)14(10)22/h4-5,7H,6,8-9H2,1-3H3,(H,16,17,21). The van der Waals surface area contributed by atoms with E-state index in [-0.39, 0.29) is 12.1 Å². The number of carbonyl (C=O) groups excluding carboxylic acids is 1. The van der Waals surface area contributed by atoms with Gasteiger partial charge in [0, 0.05) is 45.2 Å². The number of anilines is 1. The minimum Gasteiger partial charge on any atom is -0.318 e. The SMILES string of the molecule is CN(C)S(=O)(=O)N1CCc2nc(NC(=O)c3cccn(C)c3=O)sc2C1. The molecule has 0 aliphatic carbocycles. The van der Waals surface area contributed by atoms with Crippen molar-refractivity contribution in [2.45, 2.75) is 13.0 Å². The monoisotopic (exact) mass is 397 g/mol. The summed E-state index contributed by atoms with van der Waals surface area (Å²) in [5.74, 6) is -0.532. The van der Waals surface area contributed by atoms with Crippen LogP contribution in [0, 0.1) is 0 Å². The number of nitrogens with one attached hydrogen (secondary N) is 1. The number of aromatic nitrogens is 2. The first-order valence-corrected chi connectivity index (χ1v) is 10.0. The molecule has 3 heterocycles. The lowest BCUT2D eigenvalue weighted by molar-refractivity contribution is 0.102. The molecule has 1 amide bonds. The van der Waals surface area contributed by atoms with Gasteiger partial charge in [0.2, 0.25) is 0 Å². The Hall–Kier alpha value is -2.08. The summed E-state index contributed by atoms with van der Waals surface area (Å²) in [5, 5.41) is 2.99. The summed E-state index contributed by atoms with van der Waals surface area (Å²) < 4.78 is 28.4. The Morgan fingerprint density at radius 3 is 2.81 bits per heavy atom. The number of nitrogens with zero attached hydrogens (tertiary/aromatic N) is 4. The van der Waals surface area contributed by atoms with Crippen molar-refractivity contribution in [3.05, 3.63) is 44.8 Å². The normalized spacial score (nSPS) is 15.1. The van der Waals surface area contributed by atoms with Crippen LogP contribution in [0.3, 0.4) is 0 Å². The van der Waals surface area contributed by atoms with Crippen LogP contribution in [-0.2, 0) is 30.2 Å². The minimum absolute atomic E-state index is 0.0278. The zero-order valence-electron chi connectivity index (χ0n) is 14.6. The van der Waals surface area contributed by atoms with Crippen molar-refractivity contribution in [3.8, 4) is 0 Å². The Bertz CT molecular complexity index is 1010. The third-order valence-corrected chi connectivity index (χ3v) is 6.96. The molecule has 0 saturated heterocycles. The molecule has 1 aliphatic heterocycles. The van der Waals surface area contributed by atoms with Crippen molar-refractivity contribution >= 4 is 32.6 Å². The summed E-state index contributed by atoms with van der Waals surface area (Å²) in [6.07, 6.45) is 2.04. The maximum Gasteiger partial charge on any atom is 0.281 e. The molecule has 26 heavy (non-hydrogen) atoms. The molecule has 2 aromatic heterocycles. The second-order valence-electron chi connectivity index (χ2n) is 6.05. The van der Waals surface area contributed by atoms with Gasteiger partial charge in [-0.25, -0.2) is 4.98 Å². The van der Waals surface area contributed by atoms with E-state index in [1.165, 1.54) is 44.7 Å². The van der Waals surface area contributed by atoms with Crippen LogP contribution >= 0.6 is 11.3 Å². The van der Waals surface area contributed by atoms with Gasteiger partial charge in [0.15, 0.2) is 5.13 Å². The topological polar surface area (TPSA) is 105 Å². The maximum atomic E-state index is 12.3. The van der Waals surface area contributed by atoms with Crippen LogP contribution in [0.1, 0.15) is 20.9 Å². The zero-order chi connectivity index (χ0) is 19.1. The molecule has 11 heteroatoms. The Balaban J connectivity index is 1.79. The Morgan fingerprint density at radius 1 is 1.38 bits per heavy atom. The van der Waals surface area contributed by atoms with E-state index in [0.717, 1.165) is 10.6 Å². The lowest BCUT2D eigenvalue weighted by Gasteiger charge is -2.27. The van der Waals surface area contributed by atoms with Gasteiger partial charge in [0.05, 0.1) is 12.2 Å². The van der Waals surface area contributed by atoms with Gasteiger partial charge in [-0.1, -0.05) is 0 Å². The van der Waals surface area contributed by atoms with Gasteiger partial charge in [-0.3, -0.25) is 14.9 Å². The molecule has 0 atom stereocenters. The molecule has 9 nitrogen and oxygen atoms in total. The van der Waals surface area contributed by atoms with Crippen LogP contribution in [0.15, 0.2) is 23.1 Å². The van der Waals surface area contributed by atoms with E-state index in [0.29, 0.717) is 18.1 Å². The van der Waals surface area contributed by atoms with Crippen molar-refractivity contribution in [1.82, 2.24) is 18.2 Å². The third-order valence-electron chi connectivity index (χ3n) is 4.07. The van der Waals surface area contributed by atoms with Gasteiger partial charge in [-0.15, -0.1) is 11.3 Å². The van der Waals surface area contributed by atoms with Gasteiger partial charge < -0.3 is 4.57 Å².